The van der Waals surface area contributed by atoms with E-state index < -0.39 is 0 Å². The Morgan fingerprint density at radius 1 is 1.12 bits per heavy atom. The largest absolute Gasteiger partial charge is 0.493 e. The summed E-state index contributed by atoms with van der Waals surface area (Å²) in [6, 6.07) is 4.41. The lowest BCUT2D eigenvalue weighted by Gasteiger charge is -2.15. The molecule has 1 unspecified atom stereocenters. The summed E-state index contributed by atoms with van der Waals surface area (Å²) in [5.41, 5.74) is 2.14. The fourth-order valence-electron chi connectivity index (χ4n) is 1.91. The third-order valence-corrected chi connectivity index (χ3v) is 2.82. The predicted octanol–water partition coefficient (Wildman–Crippen LogP) is 2.32. The van der Waals surface area contributed by atoms with Gasteiger partial charge in [0.2, 0.25) is 0 Å². The molecule has 0 aliphatic carbocycles. The molecule has 0 amide bonds. The molecule has 0 fully saturated rings. The highest BCUT2D eigenvalue weighted by atomic mass is 16.5. The molecule has 0 radical (unpaired) electrons. The fraction of sp³-hybridized carbons (Fsp3) is 0.500. The summed E-state index contributed by atoms with van der Waals surface area (Å²) < 4.78 is 10.6. The number of methoxy groups -OCH3 is 2. The van der Waals surface area contributed by atoms with Crippen molar-refractivity contribution >= 4 is 11.4 Å². The van der Waals surface area contributed by atoms with Crippen LogP contribution in [0.4, 0.5) is 11.4 Å². The quantitative estimate of drug-likeness (QED) is 0.806. The van der Waals surface area contributed by atoms with Gasteiger partial charge in [-0.25, -0.2) is 0 Å². The molecular formula is C12H18N2O2. The second-order valence-corrected chi connectivity index (χ2v) is 4.01. The molecular weight excluding hydrogens is 204 g/mol. The van der Waals surface area contributed by atoms with E-state index in [-0.39, 0.29) is 0 Å². The van der Waals surface area contributed by atoms with E-state index in [1.54, 1.807) is 14.2 Å². The van der Waals surface area contributed by atoms with Gasteiger partial charge < -0.3 is 20.1 Å². The first-order valence-electron chi connectivity index (χ1n) is 5.51. The minimum Gasteiger partial charge on any atom is -0.493 e. The third kappa shape index (κ3) is 2.01. The van der Waals surface area contributed by atoms with E-state index in [1.165, 1.54) is 0 Å². The van der Waals surface area contributed by atoms with E-state index >= 15 is 0 Å². The zero-order valence-electron chi connectivity index (χ0n) is 9.96. The molecule has 1 aromatic carbocycles. The number of nitrogens with one attached hydrogen (secondary N) is 2. The van der Waals surface area contributed by atoms with Crippen molar-refractivity contribution in [2.45, 2.75) is 19.4 Å². The first-order valence-corrected chi connectivity index (χ1v) is 5.51. The number of benzene rings is 1. The minimum absolute atomic E-state index is 0.465. The molecule has 0 saturated heterocycles. The van der Waals surface area contributed by atoms with Crippen molar-refractivity contribution in [2.24, 2.45) is 0 Å². The van der Waals surface area contributed by atoms with Crippen molar-refractivity contribution in [3.8, 4) is 11.5 Å². The van der Waals surface area contributed by atoms with Crippen LogP contribution in [0.25, 0.3) is 0 Å². The van der Waals surface area contributed by atoms with Gasteiger partial charge >= 0.3 is 0 Å². The normalized spacial score (nSPS) is 18.8. The number of hydrogen-bond acceptors (Lipinski definition) is 4. The number of ether oxygens (including phenoxy) is 2. The smallest absolute Gasteiger partial charge is 0.162 e. The monoisotopic (exact) mass is 222 g/mol. The highest BCUT2D eigenvalue weighted by molar-refractivity contribution is 5.75. The Bertz CT molecular complexity index is 380. The molecule has 1 atom stereocenters. The second kappa shape index (κ2) is 4.51. The summed E-state index contributed by atoms with van der Waals surface area (Å²) in [6.07, 6.45) is 1.10. The molecule has 2 rings (SSSR count). The molecule has 1 aromatic rings. The molecule has 0 spiro atoms. The molecule has 0 aromatic heterocycles. The summed E-state index contributed by atoms with van der Waals surface area (Å²) >= 11 is 0. The molecule has 4 heteroatoms. The highest BCUT2D eigenvalue weighted by Crippen LogP contribution is 2.37. The van der Waals surface area contributed by atoms with Gasteiger partial charge in [-0.3, -0.25) is 0 Å². The topological polar surface area (TPSA) is 42.5 Å². The summed E-state index contributed by atoms with van der Waals surface area (Å²) in [7, 11) is 3.30. The molecule has 16 heavy (non-hydrogen) atoms. The van der Waals surface area contributed by atoms with Crippen LogP contribution < -0.4 is 20.1 Å². The number of rotatable bonds is 2. The molecule has 1 heterocycles. The van der Waals surface area contributed by atoms with Gasteiger partial charge in [0.1, 0.15) is 0 Å². The van der Waals surface area contributed by atoms with Gasteiger partial charge in [-0.15, -0.1) is 0 Å². The average Bonchev–Trinajstić information content (AvgIpc) is 2.47. The van der Waals surface area contributed by atoms with Crippen molar-refractivity contribution in [1.82, 2.24) is 0 Å². The summed E-state index contributed by atoms with van der Waals surface area (Å²) in [4.78, 5) is 0. The van der Waals surface area contributed by atoms with Crippen LogP contribution in [-0.2, 0) is 0 Å². The maximum atomic E-state index is 5.29. The average molecular weight is 222 g/mol. The predicted molar refractivity (Wildman–Crippen MR) is 65.7 cm³/mol. The Labute approximate surface area is 95.9 Å². The van der Waals surface area contributed by atoms with Gasteiger partial charge in [-0.2, -0.15) is 0 Å². The Morgan fingerprint density at radius 2 is 1.75 bits per heavy atom. The molecule has 1 aliphatic rings. The van der Waals surface area contributed by atoms with Crippen molar-refractivity contribution < 1.29 is 9.47 Å². The van der Waals surface area contributed by atoms with E-state index in [0.717, 1.165) is 35.8 Å². The van der Waals surface area contributed by atoms with E-state index in [9.17, 15) is 0 Å². The van der Waals surface area contributed by atoms with Crippen LogP contribution in [0.15, 0.2) is 12.1 Å². The first-order chi connectivity index (χ1) is 7.74. The van der Waals surface area contributed by atoms with Crippen LogP contribution in [0.5, 0.6) is 11.5 Å². The van der Waals surface area contributed by atoms with Crippen LogP contribution in [0.1, 0.15) is 13.3 Å². The molecule has 0 saturated carbocycles. The van der Waals surface area contributed by atoms with Gasteiger partial charge in [-0.1, -0.05) is 0 Å². The van der Waals surface area contributed by atoms with Gasteiger partial charge in [0, 0.05) is 24.7 Å². The molecule has 0 bridgehead atoms. The lowest BCUT2D eigenvalue weighted by Crippen LogP contribution is -2.14. The zero-order chi connectivity index (χ0) is 11.5. The van der Waals surface area contributed by atoms with E-state index in [0.29, 0.717) is 6.04 Å². The van der Waals surface area contributed by atoms with Gasteiger partial charge in [-0.05, 0) is 13.3 Å². The van der Waals surface area contributed by atoms with Crippen molar-refractivity contribution in [3.63, 3.8) is 0 Å². The Balaban J connectivity index is 2.41. The highest BCUT2D eigenvalue weighted by Gasteiger charge is 2.15. The van der Waals surface area contributed by atoms with E-state index in [1.807, 2.05) is 12.1 Å². The maximum absolute atomic E-state index is 5.29. The Hall–Kier alpha value is -1.58. The molecule has 88 valence electrons. The molecule has 4 nitrogen and oxygen atoms in total. The van der Waals surface area contributed by atoms with Crippen molar-refractivity contribution in [3.05, 3.63) is 12.1 Å². The lowest BCUT2D eigenvalue weighted by molar-refractivity contribution is 0.355. The van der Waals surface area contributed by atoms with Gasteiger partial charge in [0.05, 0.1) is 25.6 Å². The minimum atomic E-state index is 0.465. The summed E-state index contributed by atoms with van der Waals surface area (Å²) in [5.74, 6) is 1.51. The van der Waals surface area contributed by atoms with Crippen LogP contribution in [0, 0.1) is 0 Å². The number of hydrogen-bond donors (Lipinski definition) is 2. The third-order valence-electron chi connectivity index (χ3n) is 2.82. The standard InChI is InChI=1S/C12H18N2O2/c1-8-4-5-13-9-6-11(15-2)12(16-3)7-10(9)14-8/h6-8,13-14H,4-5H2,1-3H3. The summed E-state index contributed by atoms with van der Waals surface area (Å²) in [6.45, 7) is 3.14. The van der Waals surface area contributed by atoms with E-state index in [2.05, 4.69) is 17.6 Å². The van der Waals surface area contributed by atoms with Gasteiger partial charge in [0.25, 0.3) is 0 Å². The van der Waals surface area contributed by atoms with Gasteiger partial charge in [0.15, 0.2) is 11.5 Å². The first kappa shape index (κ1) is 10.9. The Kier molecular flexibility index (Phi) is 3.08. The van der Waals surface area contributed by atoms with Crippen LogP contribution >= 0.6 is 0 Å². The molecule has 1 aliphatic heterocycles. The lowest BCUT2D eigenvalue weighted by atomic mass is 10.2. The zero-order valence-corrected chi connectivity index (χ0v) is 9.96. The SMILES string of the molecule is COc1cc2c(cc1OC)NC(C)CCN2. The molecule has 2 N–H and O–H groups in total. The number of anilines is 2. The fourth-order valence-corrected chi connectivity index (χ4v) is 1.91. The van der Waals surface area contributed by atoms with E-state index in [4.69, 9.17) is 9.47 Å². The van der Waals surface area contributed by atoms with Crippen molar-refractivity contribution in [1.29, 1.82) is 0 Å². The van der Waals surface area contributed by atoms with Crippen molar-refractivity contribution in [2.75, 3.05) is 31.4 Å². The van der Waals surface area contributed by atoms with Crippen LogP contribution in [-0.4, -0.2) is 26.8 Å². The maximum Gasteiger partial charge on any atom is 0.162 e. The van der Waals surface area contributed by atoms with Crippen LogP contribution in [0.2, 0.25) is 0 Å². The van der Waals surface area contributed by atoms with Crippen LogP contribution in [0.3, 0.4) is 0 Å². The number of fused-ring (bicyclic) bond motifs is 1. The Morgan fingerprint density at radius 3 is 2.38 bits per heavy atom. The summed E-state index contributed by atoms with van der Waals surface area (Å²) in [5, 5.41) is 6.83. The second-order valence-electron chi connectivity index (χ2n) is 4.01.